The first-order valence-electron chi connectivity index (χ1n) is 6.08. The minimum absolute atomic E-state index is 0.0149. The van der Waals surface area contributed by atoms with Crippen LogP contribution in [0.2, 0.25) is 0 Å². The van der Waals surface area contributed by atoms with Crippen molar-refractivity contribution in [2.75, 3.05) is 5.32 Å². The van der Waals surface area contributed by atoms with Crippen LogP contribution >= 0.6 is 0 Å². The van der Waals surface area contributed by atoms with Crippen LogP contribution in [0, 0.1) is 0 Å². The maximum absolute atomic E-state index is 12.2. The first kappa shape index (κ1) is 11.0. The first-order valence-corrected chi connectivity index (χ1v) is 6.08. The van der Waals surface area contributed by atoms with Gasteiger partial charge < -0.3 is 0 Å². The van der Waals surface area contributed by atoms with Crippen LogP contribution in [0.1, 0.15) is 29.9 Å². The fourth-order valence-corrected chi connectivity index (χ4v) is 2.50. The number of aryl methyl sites for hydroxylation is 1. The molecule has 0 spiro atoms. The summed E-state index contributed by atoms with van der Waals surface area (Å²) in [5.41, 5.74) is 2.42. The third-order valence-electron chi connectivity index (χ3n) is 3.34. The molecule has 0 fully saturated rings. The SMILES string of the molecule is O=C(Nc1ncn[nH]1)[C@@H]1CCCc2ccccc21. The molecule has 2 N–H and O–H groups in total. The maximum Gasteiger partial charge on any atom is 0.234 e. The van der Waals surface area contributed by atoms with Gasteiger partial charge in [0, 0.05) is 0 Å². The standard InChI is InChI=1S/C13H14N4O/c18-12(16-13-14-8-15-17-13)11-7-3-5-9-4-1-2-6-10(9)11/h1-2,4,6,8,11H,3,5,7H2,(H2,14,15,16,17,18)/t11-/m1/s1. The Morgan fingerprint density at radius 1 is 1.39 bits per heavy atom. The lowest BCUT2D eigenvalue weighted by Crippen LogP contribution is -2.25. The van der Waals surface area contributed by atoms with Gasteiger partial charge in [-0.15, -0.1) is 0 Å². The molecule has 1 aromatic heterocycles. The molecule has 18 heavy (non-hydrogen) atoms. The normalized spacial score (nSPS) is 18.1. The number of fused-ring (bicyclic) bond motifs is 1. The lowest BCUT2D eigenvalue weighted by molar-refractivity contribution is -0.117. The fraction of sp³-hybridized carbons (Fsp3) is 0.308. The molecule has 2 aromatic rings. The summed E-state index contributed by atoms with van der Waals surface area (Å²) in [6, 6.07) is 8.15. The van der Waals surface area contributed by atoms with E-state index in [0.717, 1.165) is 24.8 Å². The Balaban J connectivity index is 1.83. The van der Waals surface area contributed by atoms with E-state index >= 15 is 0 Å². The number of rotatable bonds is 2. The molecule has 1 aliphatic carbocycles. The topological polar surface area (TPSA) is 70.7 Å². The summed E-state index contributed by atoms with van der Waals surface area (Å²) < 4.78 is 0. The van der Waals surface area contributed by atoms with E-state index in [1.807, 2.05) is 18.2 Å². The van der Waals surface area contributed by atoms with E-state index in [1.54, 1.807) is 0 Å². The molecule has 0 saturated heterocycles. The molecule has 0 bridgehead atoms. The Morgan fingerprint density at radius 3 is 3.11 bits per heavy atom. The lowest BCUT2D eigenvalue weighted by atomic mass is 9.82. The summed E-state index contributed by atoms with van der Waals surface area (Å²) in [7, 11) is 0. The van der Waals surface area contributed by atoms with Crippen molar-refractivity contribution in [3.05, 3.63) is 41.7 Å². The monoisotopic (exact) mass is 242 g/mol. The van der Waals surface area contributed by atoms with Gasteiger partial charge in [-0.25, -0.2) is 5.10 Å². The summed E-state index contributed by atoms with van der Waals surface area (Å²) in [6.07, 6.45) is 4.37. The molecule has 1 heterocycles. The summed E-state index contributed by atoms with van der Waals surface area (Å²) in [6.45, 7) is 0. The van der Waals surface area contributed by atoms with E-state index in [-0.39, 0.29) is 11.8 Å². The molecule has 1 amide bonds. The molecule has 0 saturated carbocycles. The van der Waals surface area contributed by atoms with E-state index < -0.39 is 0 Å². The van der Waals surface area contributed by atoms with Gasteiger partial charge in [0.15, 0.2) is 0 Å². The molecule has 5 heteroatoms. The highest BCUT2D eigenvalue weighted by molar-refractivity contribution is 5.94. The fourth-order valence-electron chi connectivity index (χ4n) is 2.50. The summed E-state index contributed by atoms with van der Waals surface area (Å²) >= 11 is 0. The van der Waals surface area contributed by atoms with Crippen LogP contribution in [-0.4, -0.2) is 21.1 Å². The van der Waals surface area contributed by atoms with Crippen molar-refractivity contribution in [3.8, 4) is 0 Å². The minimum atomic E-state index is -0.0833. The average molecular weight is 242 g/mol. The number of nitrogens with zero attached hydrogens (tertiary/aromatic N) is 2. The number of nitrogens with one attached hydrogen (secondary N) is 2. The highest BCUT2D eigenvalue weighted by Gasteiger charge is 2.26. The molecule has 3 rings (SSSR count). The van der Waals surface area contributed by atoms with Gasteiger partial charge >= 0.3 is 0 Å². The van der Waals surface area contributed by atoms with Crippen molar-refractivity contribution in [2.45, 2.75) is 25.2 Å². The Labute approximate surface area is 105 Å². The molecule has 1 aliphatic rings. The van der Waals surface area contributed by atoms with Gasteiger partial charge in [0.2, 0.25) is 11.9 Å². The predicted octanol–water partition coefficient (Wildman–Crippen LogP) is 1.86. The van der Waals surface area contributed by atoms with Crippen LogP contribution in [0.15, 0.2) is 30.6 Å². The minimum Gasteiger partial charge on any atom is -0.294 e. The number of H-pyrrole nitrogens is 1. The van der Waals surface area contributed by atoms with E-state index in [1.165, 1.54) is 11.9 Å². The van der Waals surface area contributed by atoms with Crippen molar-refractivity contribution >= 4 is 11.9 Å². The second-order valence-electron chi connectivity index (χ2n) is 4.47. The van der Waals surface area contributed by atoms with Gasteiger partial charge in [-0.05, 0) is 30.4 Å². The van der Waals surface area contributed by atoms with Crippen LogP contribution in [0.25, 0.3) is 0 Å². The average Bonchev–Trinajstić information content (AvgIpc) is 2.91. The number of carbonyl (C=O) groups excluding carboxylic acids is 1. The van der Waals surface area contributed by atoms with Crippen molar-refractivity contribution in [2.24, 2.45) is 0 Å². The lowest BCUT2D eigenvalue weighted by Gasteiger charge is -2.24. The maximum atomic E-state index is 12.2. The molecule has 1 aromatic carbocycles. The van der Waals surface area contributed by atoms with Crippen molar-refractivity contribution in [1.82, 2.24) is 15.2 Å². The van der Waals surface area contributed by atoms with Crippen LogP contribution in [0.4, 0.5) is 5.95 Å². The number of carbonyl (C=O) groups is 1. The molecule has 0 radical (unpaired) electrons. The van der Waals surface area contributed by atoms with Gasteiger partial charge in [-0.2, -0.15) is 10.1 Å². The highest BCUT2D eigenvalue weighted by atomic mass is 16.2. The molecule has 5 nitrogen and oxygen atoms in total. The molecular formula is C13H14N4O. The number of anilines is 1. The Kier molecular flexibility index (Phi) is 2.80. The van der Waals surface area contributed by atoms with Crippen LogP contribution in [-0.2, 0) is 11.2 Å². The van der Waals surface area contributed by atoms with E-state index in [0.29, 0.717) is 5.95 Å². The van der Waals surface area contributed by atoms with Gasteiger partial charge in [0.05, 0.1) is 5.92 Å². The first-order chi connectivity index (χ1) is 8.84. The second kappa shape index (κ2) is 4.60. The Morgan fingerprint density at radius 2 is 2.28 bits per heavy atom. The molecule has 0 aliphatic heterocycles. The van der Waals surface area contributed by atoms with Gasteiger partial charge in [-0.3, -0.25) is 10.1 Å². The summed E-state index contributed by atoms with van der Waals surface area (Å²) in [5.74, 6) is 0.307. The molecule has 0 unspecified atom stereocenters. The van der Waals surface area contributed by atoms with E-state index in [2.05, 4.69) is 26.6 Å². The van der Waals surface area contributed by atoms with Gasteiger partial charge in [0.25, 0.3) is 0 Å². The van der Waals surface area contributed by atoms with Crippen LogP contribution < -0.4 is 5.32 Å². The largest absolute Gasteiger partial charge is 0.294 e. The Bertz CT molecular complexity index is 550. The third kappa shape index (κ3) is 1.99. The number of hydrogen-bond donors (Lipinski definition) is 2. The number of amides is 1. The zero-order chi connectivity index (χ0) is 12.4. The third-order valence-corrected chi connectivity index (χ3v) is 3.34. The quantitative estimate of drug-likeness (QED) is 0.844. The van der Waals surface area contributed by atoms with Gasteiger partial charge in [-0.1, -0.05) is 24.3 Å². The van der Waals surface area contributed by atoms with Crippen molar-refractivity contribution < 1.29 is 4.79 Å². The smallest absolute Gasteiger partial charge is 0.234 e. The van der Waals surface area contributed by atoms with Crippen LogP contribution in [0.3, 0.4) is 0 Å². The predicted molar refractivity (Wildman–Crippen MR) is 67.1 cm³/mol. The van der Waals surface area contributed by atoms with Crippen LogP contribution in [0.5, 0.6) is 0 Å². The number of aromatic nitrogens is 3. The van der Waals surface area contributed by atoms with Crippen molar-refractivity contribution in [3.63, 3.8) is 0 Å². The zero-order valence-corrected chi connectivity index (χ0v) is 9.89. The van der Waals surface area contributed by atoms with E-state index in [4.69, 9.17) is 0 Å². The highest BCUT2D eigenvalue weighted by Crippen LogP contribution is 2.31. The molecular weight excluding hydrogens is 228 g/mol. The van der Waals surface area contributed by atoms with Gasteiger partial charge in [0.1, 0.15) is 6.33 Å². The number of aromatic amines is 1. The summed E-state index contributed by atoms with van der Waals surface area (Å²) in [5, 5.41) is 9.12. The summed E-state index contributed by atoms with van der Waals surface area (Å²) in [4.78, 5) is 16.1. The molecule has 92 valence electrons. The van der Waals surface area contributed by atoms with E-state index in [9.17, 15) is 4.79 Å². The molecule has 1 atom stereocenters. The van der Waals surface area contributed by atoms with Crippen molar-refractivity contribution in [1.29, 1.82) is 0 Å². The second-order valence-corrected chi connectivity index (χ2v) is 4.47. The Hall–Kier alpha value is -2.17. The number of benzene rings is 1. The number of hydrogen-bond acceptors (Lipinski definition) is 3. The zero-order valence-electron chi connectivity index (χ0n) is 9.89.